The summed E-state index contributed by atoms with van der Waals surface area (Å²) in [5, 5.41) is 9.81. The van der Waals surface area contributed by atoms with E-state index in [0.717, 1.165) is 5.56 Å². The molecule has 1 aliphatic rings. The zero-order chi connectivity index (χ0) is 25.5. The lowest BCUT2D eigenvalue weighted by Crippen LogP contribution is -2.51. The molecule has 9 nitrogen and oxygen atoms in total. The van der Waals surface area contributed by atoms with Crippen LogP contribution in [0.2, 0.25) is 0 Å². The van der Waals surface area contributed by atoms with E-state index >= 15 is 0 Å². The van der Waals surface area contributed by atoms with E-state index in [-0.39, 0.29) is 42.3 Å². The quantitative estimate of drug-likeness (QED) is 0.620. The van der Waals surface area contributed by atoms with E-state index < -0.39 is 12.1 Å². The standard InChI is InChI=1S/C26H33N5O4/c1-18-14-31(19(2)17-32)26(34)22-12-21(7-6-20-8-10-27-11-9-20)13-28-25(22)35-23(18)15-30(5)24(33)16-29(3)4/h8-13,18-19,23,32H,14-17H2,1-5H3/t18-,19+,23-/m1/s1. The van der Waals surface area contributed by atoms with Crippen LogP contribution in [0.25, 0.3) is 0 Å². The summed E-state index contributed by atoms with van der Waals surface area (Å²) in [6.45, 7) is 4.60. The van der Waals surface area contributed by atoms with E-state index in [9.17, 15) is 14.7 Å². The molecule has 0 spiro atoms. The molecule has 3 heterocycles. The molecule has 0 saturated carbocycles. The van der Waals surface area contributed by atoms with E-state index in [1.54, 1.807) is 60.6 Å². The van der Waals surface area contributed by atoms with Crippen LogP contribution in [0.15, 0.2) is 36.8 Å². The maximum Gasteiger partial charge on any atom is 0.259 e. The average molecular weight is 480 g/mol. The van der Waals surface area contributed by atoms with E-state index in [4.69, 9.17) is 4.74 Å². The van der Waals surface area contributed by atoms with Crippen molar-refractivity contribution in [2.75, 3.05) is 47.4 Å². The molecule has 1 aliphatic heterocycles. The highest BCUT2D eigenvalue weighted by molar-refractivity contribution is 5.97. The number of fused-ring (bicyclic) bond motifs is 1. The van der Waals surface area contributed by atoms with Crippen molar-refractivity contribution in [3.63, 3.8) is 0 Å². The second-order valence-corrected chi connectivity index (χ2v) is 9.20. The molecule has 186 valence electrons. The molecule has 1 N–H and O–H groups in total. The third kappa shape index (κ3) is 6.78. The maximum absolute atomic E-state index is 13.5. The van der Waals surface area contributed by atoms with E-state index in [1.807, 2.05) is 25.9 Å². The Morgan fingerprint density at radius 1 is 1.26 bits per heavy atom. The predicted octanol–water partition coefficient (Wildman–Crippen LogP) is 1.12. The van der Waals surface area contributed by atoms with Gasteiger partial charge in [0.2, 0.25) is 11.8 Å². The summed E-state index contributed by atoms with van der Waals surface area (Å²) in [4.78, 5) is 39.5. The first-order valence-electron chi connectivity index (χ1n) is 11.6. The molecule has 0 unspecified atom stereocenters. The lowest BCUT2D eigenvalue weighted by Gasteiger charge is -2.37. The van der Waals surface area contributed by atoms with Crippen LogP contribution >= 0.6 is 0 Å². The summed E-state index contributed by atoms with van der Waals surface area (Å²) in [5.41, 5.74) is 1.65. The number of pyridine rings is 2. The Hall–Kier alpha value is -3.48. The van der Waals surface area contributed by atoms with E-state index in [1.165, 1.54) is 0 Å². The van der Waals surface area contributed by atoms with Crippen molar-refractivity contribution in [3.05, 3.63) is 53.5 Å². The first-order chi connectivity index (χ1) is 16.7. The predicted molar refractivity (Wildman–Crippen MR) is 132 cm³/mol. The number of aliphatic hydroxyl groups is 1. The molecule has 0 bridgehead atoms. The molecule has 35 heavy (non-hydrogen) atoms. The second kappa shape index (κ2) is 11.8. The summed E-state index contributed by atoms with van der Waals surface area (Å²) >= 11 is 0. The van der Waals surface area contributed by atoms with Crippen LogP contribution in [0.4, 0.5) is 0 Å². The lowest BCUT2D eigenvalue weighted by molar-refractivity contribution is -0.132. The van der Waals surface area contributed by atoms with Gasteiger partial charge in [0.25, 0.3) is 5.91 Å². The molecular weight excluding hydrogens is 446 g/mol. The van der Waals surface area contributed by atoms with Gasteiger partial charge in [-0.3, -0.25) is 14.6 Å². The Kier molecular flexibility index (Phi) is 8.79. The normalized spacial score (nSPS) is 18.5. The Morgan fingerprint density at radius 2 is 1.94 bits per heavy atom. The number of likely N-dealkylation sites (N-methyl/N-ethyl adjacent to an activating group) is 2. The van der Waals surface area contributed by atoms with Crippen molar-refractivity contribution in [3.8, 4) is 17.7 Å². The maximum atomic E-state index is 13.5. The van der Waals surface area contributed by atoms with Crippen LogP contribution < -0.4 is 4.74 Å². The highest BCUT2D eigenvalue weighted by Crippen LogP contribution is 2.27. The molecule has 0 radical (unpaired) electrons. The first-order valence-corrected chi connectivity index (χ1v) is 11.6. The number of ether oxygens (including phenoxy) is 1. The van der Waals surface area contributed by atoms with E-state index in [2.05, 4.69) is 21.8 Å². The van der Waals surface area contributed by atoms with Crippen molar-refractivity contribution >= 4 is 11.8 Å². The number of nitrogens with zero attached hydrogens (tertiary/aromatic N) is 5. The van der Waals surface area contributed by atoms with Gasteiger partial charge in [0.15, 0.2) is 0 Å². The van der Waals surface area contributed by atoms with E-state index in [0.29, 0.717) is 18.7 Å². The number of aromatic nitrogens is 2. The molecule has 0 aromatic carbocycles. The van der Waals surface area contributed by atoms with Gasteiger partial charge in [-0.05, 0) is 39.2 Å². The Morgan fingerprint density at radius 3 is 2.60 bits per heavy atom. The van der Waals surface area contributed by atoms with Gasteiger partial charge in [-0.15, -0.1) is 0 Å². The largest absolute Gasteiger partial charge is 0.472 e. The minimum absolute atomic E-state index is 0.0283. The van der Waals surface area contributed by atoms with Crippen molar-refractivity contribution in [1.29, 1.82) is 0 Å². The number of amides is 2. The minimum atomic E-state index is -0.396. The molecule has 2 aromatic rings. The first kappa shape index (κ1) is 26.1. The number of aliphatic hydroxyl groups excluding tert-OH is 1. The monoisotopic (exact) mass is 479 g/mol. The topological polar surface area (TPSA) is 99.1 Å². The average Bonchev–Trinajstić information content (AvgIpc) is 2.84. The van der Waals surface area contributed by atoms with Crippen molar-refractivity contribution in [1.82, 2.24) is 24.7 Å². The second-order valence-electron chi connectivity index (χ2n) is 9.20. The summed E-state index contributed by atoms with van der Waals surface area (Å²) in [6.07, 6.45) is 4.50. The zero-order valence-corrected chi connectivity index (χ0v) is 20.9. The highest BCUT2D eigenvalue weighted by Gasteiger charge is 2.34. The number of hydrogen-bond donors (Lipinski definition) is 1. The fourth-order valence-electron chi connectivity index (χ4n) is 3.73. The van der Waals surface area contributed by atoms with Gasteiger partial charge in [0.1, 0.15) is 11.7 Å². The van der Waals surface area contributed by atoms with Gasteiger partial charge in [0.05, 0.1) is 25.7 Å². The van der Waals surface area contributed by atoms with Crippen LogP contribution in [0.3, 0.4) is 0 Å². The zero-order valence-electron chi connectivity index (χ0n) is 20.9. The fraction of sp³-hybridized carbons (Fsp3) is 0.462. The Bertz CT molecular complexity index is 1100. The molecule has 0 saturated heterocycles. The van der Waals surface area contributed by atoms with Gasteiger partial charge in [0, 0.05) is 49.2 Å². The molecule has 3 rings (SSSR count). The Labute approximate surface area is 206 Å². The fourth-order valence-corrected chi connectivity index (χ4v) is 3.73. The summed E-state index contributed by atoms with van der Waals surface area (Å²) in [6, 6.07) is 4.88. The summed E-state index contributed by atoms with van der Waals surface area (Å²) < 4.78 is 6.24. The molecule has 9 heteroatoms. The van der Waals surface area contributed by atoms with Crippen LogP contribution in [-0.2, 0) is 4.79 Å². The Balaban J connectivity index is 1.95. The lowest BCUT2D eigenvalue weighted by atomic mass is 10.00. The van der Waals surface area contributed by atoms with Crippen LogP contribution in [0.1, 0.15) is 35.3 Å². The molecule has 0 aliphatic carbocycles. The number of carbonyl (C=O) groups is 2. The molecular formula is C26H33N5O4. The van der Waals surface area contributed by atoms with Crippen molar-refractivity contribution < 1.29 is 19.4 Å². The van der Waals surface area contributed by atoms with Crippen LogP contribution in [0, 0.1) is 17.8 Å². The number of carbonyl (C=O) groups excluding carboxylic acids is 2. The van der Waals surface area contributed by atoms with Gasteiger partial charge in [-0.2, -0.15) is 0 Å². The smallest absolute Gasteiger partial charge is 0.259 e. The molecule has 2 amide bonds. The van der Waals surface area contributed by atoms with Gasteiger partial charge >= 0.3 is 0 Å². The van der Waals surface area contributed by atoms with Gasteiger partial charge in [-0.1, -0.05) is 18.8 Å². The third-order valence-electron chi connectivity index (χ3n) is 5.88. The SMILES string of the molecule is C[C@@H]1CN([C@@H](C)CO)C(=O)c2cc(C#Cc3ccncc3)cnc2O[C@@H]1CN(C)C(=O)CN(C)C. The minimum Gasteiger partial charge on any atom is -0.472 e. The number of rotatable bonds is 6. The summed E-state index contributed by atoms with van der Waals surface area (Å²) in [7, 11) is 5.43. The molecule has 2 aromatic heterocycles. The number of hydrogen-bond acceptors (Lipinski definition) is 7. The highest BCUT2D eigenvalue weighted by atomic mass is 16.5. The van der Waals surface area contributed by atoms with Gasteiger partial charge < -0.3 is 24.5 Å². The van der Waals surface area contributed by atoms with Crippen molar-refractivity contribution in [2.45, 2.75) is 26.0 Å². The summed E-state index contributed by atoms with van der Waals surface area (Å²) in [5.74, 6) is 5.87. The van der Waals surface area contributed by atoms with Gasteiger partial charge in [-0.25, -0.2) is 4.98 Å². The molecule has 3 atom stereocenters. The van der Waals surface area contributed by atoms with Crippen LogP contribution in [0.5, 0.6) is 5.88 Å². The van der Waals surface area contributed by atoms with Crippen molar-refractivity contribution in [2.24, 2.45) is 5.92 Å². The molecule has 0 fully saturated rings. The van der Waals surface area contributed by atoms with Crippen LogP contribution in [-0.4, -0.2) is 101 Å². The third-order valence-corrected chi connectivity index (χ3v) is 5.88.